The molecule has 0 spiro atoms. The molecule has 0 bridgehead atoms. The fourth-order valence-corrected chi connectivity index (χ4v) is 3.99. The normalized spacial score (nSPS) is 18.9. The van der Waals surface area contributed by atoms with Crippen LogP contribution in [0.3, 0.4) is 0 Å². The number of hydrogen-bond donors (Lipinski definition) is 1. The number of benzene rings is 2. The Bertz CT molecular complexity index is 1140. The smallest absolute Gasteiger partial charge is 0.295 e. The molecule has 1 atom stereocenters. The number of nitro benzene ring substituents is 1. The van der Waals surface area contributed by atoms with Gasteiger partial charge in [0, 0.05) is 24.2 Å². The summed E-state index contributed by atoms with van der Waals surface area (Å²) in [5.74, 6) is -0.934. The molecule has 2 aromatic carbocycles. The molecule has 0 radical (unpaired) electrons. The van der Waals surface area contributed by atoms with Crippen LogP contribution in [0.5, 0.6) is 11.5 Å². The van der Waals surface area contributed by atoms with E-state index in [2.05, 4.69) is 0 Å². The lowest BCUT2D eigenvalue weighted by atomic mass is 9.95. The van der Waals surface area contributed by atoms with Crippen molar-refractivity contribution in [1.29, 1.82) is 0 Å². The van der Waals surface area contributed by atoms with Crippen LogP contribution in [0.15, 0.2) is 48.0 Å². The molecule has 10 heteroatoms. The Morgan fingerprint density at radius 3 is 2.52 bits per heavy atom. The first-order valence-corrected chi connectivity index (χ1v) is 10.4. The molecule has 2 aliphatic heterocycles. The van der Waals surface area contributed by atoms with E-state index in [-0.39, 0.29) is 30.4 Å². The summed E-state index contributed by atoms with van der Waals surface area (Å²) < 4.78 is 10.6. The summed E-state index contributed by atoms with van der Waals surface area (Å²) in [6.07, 6.45) is 0.605. The number of Topliss-reactive ketones (excluding diaryl/α,β-unsaturated/α-hetero) is 1. The monoisotopic (exact) mass is 453 g/mol. The third-order valence-corrected chi connectivity index (χ3v) is 5.61. The van der Waals surface area contributed by atoms with E-state index in [0.717, 1.165) is 0 Å². The molecular formula is C23H23N3O7. The number of nitrogens with zero attached hydrogens (tertiary/aromatic N) is 3. The summed E-state index contributed by atoms with van der Waals surface area (Å²) in [5, 5.41) is 22.2. The number of amides is 1. The van der Waals surface area contributed by atoms with E-state index in [1.54, 1.807) is 18.2 Å². The highest BCUT2D eigenvalue weighted by Crippen LogP contribution is 2.41. The maximum atomic E-state index is 13.0. The van der Waals surface area contributed by atoms with E-state index in [0.29, 0.717) is 35.6 Å². The van der Waals surface area contributed by atoms with Crippen LogP contribution in [0.25, 0.3) is 5.76 Å². The first-order valence-electron chi connectivity index (χ1n) is 10.4. The fraction of sp³-hybridized carbons (Fsp3) is 0.304. The maximum Gasteiger partial charge on any atom is 0.295 e. The van der Waals surface area contributed by atoms with Crippen molar-refractivity contribution >= 4 is 23.1 Å². The first-order chi connectivity index (χ1) is 15.8. The number of hydrogen-bond acceptors (Lipinski definition) is 8. The van der Waals surface area contributed by atoms with E-state index in [4.69, 9.17) is 9.47 Å². The SMILES string of the molecule is CN(C)CCCN1C(=O)C(=O)C(=C(O)c2ccc3c(c2)OCO3)C1c1ccc([N+](=O)[O-])cc1. The lowest BCUT2D eigenvalue weighted by Crippen LogP contribution is -2.32. The second kappa shape index (κ2) is 8.91. The molecule has 1 amide bonds. The highest BCUT2D eigenvalue weighted by atomic mass is 16.7. The quantitative estimate of drug-likeness (QED) is 0.223. The number of likely N-dealkylation sites (tertiary alicyclic amines) is 1. The van der Waals surface area contributed by atoms with E-state index < -0.39 is 22.7 Å². The average molecular weight is 453 g/mol. The van der Waals surface area contributed by atoms with Crippen LogP contribution < -0.4 is 9.47 Å². The number of aliphatic hydroxyl groups is 1. The summed E-state index contributed by atoms with van der Waals surface area (Å²) in [6.45, 7) is 1.03. The standard InChI is InChI=1S/C23H23N3O7/c1-24(2)10-3-11-25-20(14-4-7-16(8-5-14)26(30)31)19(22(28)23(25)29)21(27)15-6-9-17-18(12-15)33-13-32-17/h4-9,12,20,27H,3,10-11,13H2,1-2H3. The predicted molar refractivity (Wildman–Crippen MR) is 118 cm³/mol. The number of rotatable bonds is 7. The predicted octanol–water partition coefficient (Wildman–Crippen LogP) is 2.70. The van der Waals surface area contributed by atoms with Crippen LogP contribution >= 0.6 is 0 Å². The van der Waals surface area contributed by atoms with Gasteiger partial charge in [0.1, 0.15) is 5.76 Å². The van der Waals surface area contributed by atoms with Crippen LogP contribution in [0.4, 0.5) is 5.69 Å². The van der Waals surface area contributed by atoms with Crippen LogP contribution in [0.1, 0.15) is 23.6 Å². The van der Waals surface area contributed by atoms with Gasteiger partial charge in [-0.25, -0.2) is 0 Å². The molecule has 2 aromatic rings. The second-order valence-corrected chi connectivity index (χ2v) is 8.07. The van der Waals surface area contributed by atoms with Gasteiger partial charge in [0.05, 0.1) is 16.5 Å². The molecule has 0 aromatic heterocycles. The number of aliphatic hydroxyl groups excluding tert-OH is 1. The van der Waals surface area contributed by atoms with Crippen molar-refractivity contribution in [2.45, 2.75) is 12.5 Å². The largest absolute Gasteiger partial charge is 0.507 e. The maximum absolute atomic E-state index is 13.0. The summed E-state index contributed by atoms with van der Waals surface area (Å²) in [5.41, 5.74) is 0.612. The summed E-state index contributed by atoms with van der Waals surface area (Å²) in [4.78, 5) is 39.9. The van der Waals surface area contributed by atoms with E-state index in [1.165, 1.54) is 29.2 Å². The van der Waals surface area contributed by atoms with Gasteiger partial charge in [-0.2, -0.15) is 0 Å². The Balaban J connectivity index is 1.78. The average Bonchev–Trinajstić information content (AvgIpc) is 3.36. The number of carbonyl (C=O) groups is 2. The Labute approximate surface area is 189 Å². The molecule has 1 N–H and O–H groups in total. The Kier molecular flexibility index (Phi) is 6.01. The van der Waals surface area contributed by atoms with Crippen LogP contribution in [0.2, 0.25) is 0 Å². The highest BCUT2D eigenvalue weighted by molar-refractivity contribution is 6.46. The zero-order chi connectivity index (χ0) is 23.7. The highest BCUT2D eigenvalue weighted by Gasteiger charge is 2.46. The topological polar surface area (TPSA) is 122 Å². The molecule has 0 aliphatic carbocycles. The Hall–Kier alpha value is -3.92. The first kappa shape index (κ1) is 22.3. The lowest BCUT2D eigenvalue weighted by molar-refractivity contribution is -0.384. The molecule has 2 heterocycles. The minimum atomic E-state index is -0.876. The minimum absolute atomic E-state index is 0.0542. The molecule has 1 unspecified atom stereocenters. The number of nitro groups is 1. The second-order valence-electron chi connectivity index (χ2n) is 8.07. The molecule has 10 nitrogen and oxygen atoms in total. The molecule has 2 aliphatic rings. The number of non-ortho nitro benzene ring substituents is 1. The summed E-state index contributed by atoms with van der Waals surface area (Å²) in [7, 11) is 3.81. The van der Waals surface area contributed by atoms with E-state index >= 15 is 0 Å². The van der Waals surface area contributed by atoms with Crippen molar-refractivity contribution in [2.24, 2.45) is 0 Å². The van der Waals surface area contributed by atoms with Gasteiger partial charge in [0.25, 0.3) is 17.4 Å². The summed E-state index contributed by atoms with van der Waals surface area (Å²) >= 11 is 0. The van der Waals surface area contributed by atoms with Crippen molar-refractivity contribution in [3.05, 3.63) is 69.3 Å². The van der Waals surface area contributed by atoms with Crippen molar-refractivity contribution in [1.82, 2.24) is 9.80 Å². The van der Waals surface area contributed by atoms with Gasteiger partial charge < -0.3 is 24.4 Å². The number of carbonyl (C=O) groups excluding carboxylic acids is 2. The number of ketones is 1. The third kappa shape index (κ3) is 4.24. The van der Waals surface area contributed by atoms with Crippen molar-refractivity contribution < 1.29 is 29.1 Å². The molecular weight excluding hydrogens is 430 g/mol. The fourth-order valence-electron chi connectivity index (χ4n) is 3.99. The van der Waals surface area contributed by atoms with Crippen molar-refractivity contribution in [2.75, 3.05) is 34.0 Å². The zero-order valence-electron chi connectivity index (χ0n) is 18.2. The third-order valence-electron chi connectivity index (χ3n) is 5.61. The van der Waals surface area contributed by atoms with E-state index in [9.17, 15) is 24.8 Å². The van der Waals surface area contributed by atoms with Crippen molar-refractivity contribution in [3.8, 4) is 11.5 Å². The molecule has 4 rings (SSSR count). The van der Waals surface area contributed by atoms with Gasteiger partial charge in [-0.05, 0) is 63.0 Å². The van der Waals surface area contributed by atoms with Gasteiger partial charge >= 0.3 is 0 Å². The summed E-state index contributed by atoms with van der Waals surface area (Å²) in [6, 6.07) is 9.50. The zero-order valence-corrected chi connectivity index (χ0v) is 18.2. The van der Waals surface area contributed by atoms with Gasteiger partial charge in [0.2, 0.25) is 6.79 Å². The minimum Gasteiger partial charge on any atom is -0.507 e. The lowest BCUT2D eigenvalue weighted by Gasteiger charge is -2.26. The molecule has 0 saturated carbocycles. The van der Waals surface area contributed by atoms with E-state index in [1.807, 2.05) is 19.0 Å². The molecule has 172 valence electrons. The van der Waals surface area contributed by atoms with Gasteiger partial charge in [-0.1, -0.05) is 0 Å². The van der Waals surface area contributed by atoms with Gasteiger partial charge in [-0.3, -0.25) is 19.7 Å². The van der Waals surface area contributed by atoms with Crippen LogP contribution in [-0.2, 0) is 9.59 Å². The van der Waals surface area contributed by atoms with Crippen LogP contribution in [-0.4, -0.2) is 65.5 Å². The van der Waals surface area contributed by atoms with Gasteiger partial charge in [0.15, 0.2) is 11.5 Å². The Morgan fingerprint density at radius 1 is 1.15 bits per heavy atom. The molecule has 1 saturated heterocycles. The Morgan fingerprint density at radius 2 is 1.85 bits per heavy atom. The molecule has 33 heavy (non-hydrogen) atoms. The molecule has 1 fully saturated rings. The number of fused-ring (bicyclic) bond motifs is 1. The van der Waals surface area contributed by atoms with Crippen LogP contribution in [0, 0.1) is 10.1 Å². The van der Waals surface area contributed by atoms with Crippen molar-refractivity contribution in [3.63, 3.8) is 0 Å². The van der Waals surface area contributed by atoms with Gasteiger partial charge in [-0.15, -0.1) is 0 Å². The number of ether oxygens (including phenoxy) is 2.